The zero-order valence-corrected chi connectivity index (χ0v) is 10.5. The number of rotatable bonds is 5. The Morgan fingerprint density at radius 2 is 2.12 bits per heavy atom. The molecule has 1 unspecified atom stereocenters. The molecule has 2 N–H and O–H groups in total. The molecule has 1 heterocycles. The lowest BCUT2D eigenvalue weighted by Gasteiger charge is -2.14. The number of sulfonamides is 1. The van der Waals surface area contributed by atoms with Gasteiger partial charge in [-0.25, -0.2) is 8.42 Å². The van der Waals surface area contributed by atoms with Gasteiger partial charge in [0.25, 0.3) is 0 Å². The third-order valence-electron chi connectivity index (χ3n) is 2.19. The lowest BCUT2D eigenvalue weighted by atomic mass is 10.4. The molecule has 0 aromatic carbocycles. The van der Waals surface area contributed by atoms with E-state index in [2.05, 4.69) is 15.0 Å². The van der Waals surface area contributed by atoms with E-state index in [4.69, 9.17) is 0 Å². The lowest BCUT2D eigenvalue weighted by molar-refractivity contribution is 0.583. The van der Waals surface area contributed by atoms with E-state index in [1.54, 1.807) is 26.1 Å². The fourth-order valence-corrected chi connectivity index (χ4v) is 2.23. The van der Waals surface area contributed by atoms with E-state index < -0.39 is 15.3 Å². The molecule has 0 amide bonds. The minimum atomic E-state index is -3.34. The molecule has 1 rings (SSSR count). The predicted octanol–water partition coefficient (Wildman–Crippen LogP) is 0.740. The highest BCUT2D eigenvalue weighted by atomic mass is 32.2. The second-order valence-corrected chi connectivity index (χ2v) is 5.80. The normalized spacial score (nSPS) is 13.4. The highest BCUT2D eigenvalue weighted by Crippen LogP contribution is 2.10. The van der Waals surface area contributed by atoms with Crippen LogP contribution in [0.25, 0.3) is 0 Å². The Morgan fingerprint density at radius 3 is 2.62 bits per heavy atom. The van der Waals surface area contributed by atoms with Crippen LogP contribution in [0.15, 0.2) is 18.3 Å². The van der Waals surface area contributed by atoms with Gasteiger partial charge in [0.05, 0.1) is 17.1 Å². The number of nitrogens with one attached hydrogen (secondary N) is 2. The summed E-state index contributed by atoms with van der Waals surface area (Å²) in [5.74, 6) is 0. The minimum Gasteiger partial charge on any atom is -0.318 e. The molecule has 90 valence electrons. The topological polar surface area (TPSA) is 71.1 Å². The van der Waals surface area contributed by atoms with Gasteiger partial charge in [0.15, 0.2) is 0 Å². The first-order valence-corrected chi connectivity index (χ1v) is 6.59. The van der Waals surface area contributed by atoms with Gasteiger partial charge < -0.3 is 5.32 Å². The maximum Gasteiger partial charge on any atom is 0.236 e. The van der Waals surface area contributed by atoms with Crippen LogP contribution in [0.4, 0.5) is 5.69 Å². The van der Waals surface area contributed by atoms with Crippen LogP contribution in [0.2, 0.25) is 0 Å². The molecule has 1 atom stereocenters. The summed E-state index contributed by atoms with van der Waals surface area (Å²) < 4.78 is 26.1. The summed E-state index contributed by atoms with van der Waals surface area (Å²) in [5, 5.41) is 2.35. The van der Waals surface area contributed by atoms with Crippen LogP contribution in [-0.4, -0.2) is 32.2 Å². The van der Waals surface area contributed by atoms with Gasteiger partial charge in [-0.2, -0.15) is 0 Å². The molecule has 0 aliphatic rings. The van der Waals surface area contributed by atoms with Gasteiger partial charge in [0, 0.05) is 12.2 Å². The van der Waals surface area contributed by atoms with Crippen molar-refractivity contribution in [1.29, 1.82) is 0 Å². The predicted molar refractivity (Wildman–Crippen MR) is 64.9 cm³/mol. The van der Waals surface area contributed by atoms with Crippen molar-refractivity contribution in [3.05, 3.63) is 24.0 Å². The first-order valence-electron chi connectivity index (χ1n) is 5.04. The molecule has 0 radical (unpaired) electrons. The van der Waals surface area contributed by atoms with Gasteiger partial charge in [0.2, 0.25) is 10.0 Å². The minimum absolute atomic E-state index is 0.411. The van der Waals surface area contributed by atoms with Crippen molar-refractivity contribution in [2.24, 2.45) is 0 Å². The molecule has 0 saturated heterocycles. The Morgan fingerprint density at radius 1 is 1.44 bits per heavy atom. The van der Waals surface area contributed by atoms with Crippen molar-refractivity contribution in [3.63, 3.8) is 0 Å². The summed E-state index contributed by atoms with van der Waals surface area (Å²) in [6.07, 6.45) is 1.51. The molecule has 0 bridgehead atoms. The SMILES string of the molecule is CNCC(C)S(=O)(=O)Nc1ccc(C)nc1. The summed E-state index contributed by atoms with van der Waals surface area (Å²) in [4.78, 5) is 4.03. The maximum absolute atomic E-state index is 11.8. The van der Waals surface area contributed by atoms with E-state index in [1.807, 2.05) is 6.92 Å². The van der Waals surface area contributed by atoms with Gasteiger partial charge in [-0.1, -0.05) is 0 Å². The van der Waals surface area contributed by atoms with Crippen LogP contribution in [0, 0.1) is 6.92 Å². The Labute approximate surface area is 96.3 Å². The van der Waals surface area contributed by atoms with Crippen LogP contribution < -0.4 is 10.0 Å². The lowest BCUT2D eigenvalue weighted by Crippen LogP contribution is -2.33. The second-order valence-electron chi connectivity index (χ2n) is 3.70. The molecule has 1 aromatic rings. The summed E-state index contributed by atoms with van der Waals surface area (Å²) in [6.45, 7) is 3.91. The third kappa shape index (κ3) is 3.46. The molecule has 0 spiro atoms. The van der Waals surface area contributed by atoms with E-state index in [0.717, 1.165) is 5.69 Å². The van der Waals surface area contributed by atoms with Crippen LogP contribution in [0.3, 0.4) is 0 Å². The van der Waals surface area contributed by atoms with Crippen LogP contribution in [0.1, 0.15) is 12.6 Å². The molecule has 6 heteroatoms. The fourth-order valence-electron chi connectivity index (χ4n) is 1.19. The molecule has 1 aromatic heterocycles. The van der Waals surface area contributed by atoms with Gasteiger partial charge in [-0.3, -0.25) is 9.71 Å². The average molecular weight is 243 g/mol. The number of pyridine rings is 1. The number of hydrogen-bond donors (Lipinski definition) is 2. The molecule has 0 fully saturated rings. The van der Waals surface area contributed by atoms with Crippen molar-refractivity contribution in [2.75, 3.05) is 18.3 Å². The van der Waals surface area contributed by atoms with Gasteiger partial charge in [0.1, 0.15) is 0 Å². The number of nitrogens with zero attached hydrogens (tertiary/aromatic N) is 1. The van der Waals surface area contributed by atoms with Crippen LogP contribution >= 0.6 is 0 Å². The fraction of sp³-hybridized carbons (Fsp3) is 0.500. The molecule has 0 saturated carbocycles. The third-order valence-corrected chi connectivity index (χ3v) is 3.94. The number of hydrogen-bond acceptors (Lipinski definition) is 4. The summed E-state index contributed by atoms with van der Waals surface area (Å²) in [5.41, 5.74) is 1.35. The van der Waals surface area contributed by atoms with E-state index in [-0.39, 0.29) is 0 Å². The van der Waals surface area contributed by atoms with Gasteiger partial charge in [-0.15, -0.1) is 0 Å². The first kappa shape index (κ1) is 12.9. The Balaban J connectivity index is 2.76. The largest absolute Gasteiger partial charge is 0.318 e. The highest BCUT2D eigenvalue weighted by molar-refractivity contribution is 7.93. The van der Waals surface area contributed by atoms with E-state index >= 15 is 0 Å². The van der Waals surface area contributed by atoms with E-state index in [0.29, 0.717) is 12.2 Å². The monoisotopic (exact) mass is 243 g/mol. The quantitative estimate of drug-likeness (QED) is 0.800. The molecule has 5 nitrogen and oxygen atoms in total. The number of aryl methyl sites for hydroxylation is 1. The van der Waals surface area contributed by atoms with E-state index in [9.17, 15) is 8.42 Å². The highest BCUT2D eigenvalue weighted by Gasteiger charge is 2.19. The van der Waals surface area contributed by atoms with Crippen molar-refractivity contribution in [1.82, 2.24) is 10.3 Å². The Bertz CT molecular complexity index is 428. The number of aromatic nitrogens is 1. The van der Waals surface area contributed by atoms with Crippen LogP contribution in [0.5, 0.6) is 0 Å². The van der Waals surface area contributed by atoms with Crippen molar-refractivity contribution >= 4 is 15.7 Å². The molecule has 0 aliphatic heterocycles. The number of anilines is 1. The van der Waals surface area contributed by atoms with Gasteiger partial charge >= 0.3 is 0 Å². The average Bonchev–Trinajstić information content (AvgIpc) is 2.21. The van der Waals surface area contributed by atoms with Crippen molar-refractivity contribution in [2.45, 2.75) is 19.1 Å². The summed E-state index contributed by atoms with van der Waals surface area (Å²) in [6, 6.07) is 3.46. The Kier molecular flexibility index (Phi) is 4.26. The molecular formula is C10H17N3O2S. The zero-order chi connectivity index (χ0) is 12.2. The zero-order valence-electron chi connectivity index (χ0n) is 9.69. The smallest absolute Gasteiger partial charge is 0.236 e. The van der Waals surface area contributed by atoms with Crippen molar-refractivity contribution < 1.29 is 8.42 Å². The molecular weight excluding hydrogens is 226 g/mol. The Hall–Kier alpha value is -1.14. The first-order chi connectivity index (χ1) is 7.45. The standard InChI is InChI=1S/C10H17N3O2S/c1-8-4-5-10(7-12-8)13-16(14,15)9(2)6-11-3/h4-5,7,9,11,13H,6H2,1-3H3. The maximum atomic E-state index is 11.8. The van der Waals surface area contributed by atoms with Crippen LogP contribution in [-0.2, 0) is 10.0 Å². The van der Waals surface area contributed by atoms with Gasteiger partial charge in [-0.05, 0) is 33.0 Å². The van der Waals surface area contributed by atoms with E-state index in [1.165, 1.54) is 6.20 Å². The summed E-state index contributed by atoms with van der Waals surface area (Å²) in [7, 11) is -1.62. The summed E-state index contributed by atoms with van der Waals surface area (Å²) >= 11 is 0. The second kappa shape index (κ2) is 5.27. The molecule has 0 aliphatic carbocycles. The van der Waals surface area contributed by atoms with Crippen molar-refractivity contribution in [3.8, 4) is 0 Å². The molecule has 16 heavy (non-hydrogen) atoms.